The Labute approximate surface area is 85.2 Å². The molecule has 0 aromatic heterocycles. The van der Waals surface area contributed by atoms with Crippen LogP contribution in [0.25, 0.3) is 0 Å². The van der Waals surface area contributed by atoms with Crippen LogP contribution < -0.4 is 5.73 Å². The van der Waals surface area contributed by atoms with Crippen molar-refractivity contribution in [3.63, 3.8) is 0 Å². The van der Waals surface area contributed by atoms with E-state index in [4.69, 9.17) is 5.73 Å². The molecule has 2 nitrogen and oxygen atoms in total. The number of hydrogen-bond acceptors (Lipinski definition) is 3. The molecule has 0 radical (unpaired) electrons. The molecule has 0 aromatic rings. The van der Waals surface area contributed by atoms with E-state index in [9.17, 15) is 0 Å². The van der Waals surface area contributed by atoms with Crippen LogP contribution >= 0.6 is 11.8 Å². The minimum atomic E-state index is 0.482. The van der Waals surface area contributed by atoms with E-state index in [1.54, 1.807) is 0 Å². The molecule has 0 amide bonds. The Balaban J connectivity index is 1.59. The van der Waals surface area contributed by atoms with Crippen LogP contribution in [-0.4, -0.2) is 42.1 Å². The largest absolute Gasteiger partial charge is 0.328 e. The topological polar surface area (TPSA) is 29.3 Å². The Hall–Kier alpha value is 0.270. The van der Waals surface area contributed by atoms with Gasteiger partial charge >= 0.3 is 0 Å². The fraction of sp³-hybridized carbons (Fsp3) is 1.00. The van der Waals surface area contributed by atoms with E-state index in [-0.39, 0.29) is 0 Å². The van der Waals surface area contributed by atoms with Gasteiger partial charge in [0.1, 0.15) is 0 Å². The lowest BCUT2D eigenvalue weighted by atomic mass is 10.0. The summed E-state index contributed by atoms with van der Waals surface area (Å²) in [6.45, 7) is 3.79. The normalized spacial score (nSPS) is 27.5. The number of nitrogens with two attached hydrogens (primary N) is 1. The first-order valence-electron chi connectivity index (χ1n) is 5.40. The van der Waals surface area contributed by atoms with E-state index >= 15 is 0 Å². The number of thioether (sulfide) groups is 1. The zero-order valence-electron chi connectivity index (χ0n) is 8.24. The average molecular weight is 200 g/mol. The van der Waals surface area contributed by atoms with Crippen LogP contribution in [0.1, 0.15) is 19.3 Å². The molecule has 3 heteroatoms. The van der Waals surface area contributed by atoms with Crippen LogP contribution in [0.2, 0.25) is 0 Å². The summed E-state index contributed by atoms with van der Waals surface area (Å²) in [5.74, 6) is 3.85. The third-order valence-electron chi connectivity index (χ3n) is 3.19. The molecule has 2 N–H and O–H groups in total. The second-order valence-electron chi connectivity index (χ2n) is 4.37. The van der Waals surface area contributed by atoms with Gasteiger partial charge in [-0.3, -0.25) is 0 Å². The summed E-state index contributed by atoms with van der Waals surface area (Å²) in [6, 6.07) is 0.482. The Kier molecular flexibility index (Phi) is 3.52. The number of nitrogens with zero attached hydrogens (tertiary/aromatic N) is 1. The fourth-order valence-electron chi connectivity index (χ4n) is 1.99. The summed E-state index contributed by atoms with van der Waals surface area (Å²) < 4.78 is 0. The van der Waals surface area contributed by atoms with E-state index in [0.29, 0.717) is 6.04 Å². The van der Waals surface area contributed by atoms with Gasteiger partial charge in [0, 0.05) is 6.04 Å². The van der Waals surface area contributed by atoms with Crippen molar-refractivity contribution in [1.29, 1.82) is 0 Å². The van der Waals surface area contributed by atoms with E-state index in [1.165, 1.54) is 50.4 Å². The first kappa shape index (κ1) is 9.81. The molecule has 0 saturated carbocycles. The quantitative estimate of drug-likeness (QED) is 0.741. The summed E-state index contributed by atoms with van der Waals surface area (Å²) in [7, 11) is 0. The predicted octanol–water partition coefficient (Wildman–Crippen LogP) is 1.16. The lowest BCUT2D eigenvalue weighted by Crippen LogP contribution is -2.40. The smallest absolute Gasteiger partial charge is 0.00631 e. The molecule has 2 aliphatic heterocycles. The summed E-state index contributed by atoms with van der Waals surface area (Å²) in [5.41, 5.74) is 5.86. The van der Waals surface area contributed by atoms with Gasteiger partial charge in [0.2, 0.25) is 0 Å². The Bertz CT molecular complexity index is 151. The van der Waals surface area contributed by atoms with E-state index in [1.807, 2.05) is 0 Å². The lowest BCUT2D eigenvalue weighted by molar-refractivity contribution is 0.203. The van der Waals surface area contributed by atoms with Gasteiger partial charge in [-0.25, -0.2) is 0 Å². The van der Waals surface area contributed by atoms with Crippen LogP contribution in [0.4, 0.5) is 0 Å². The number of piperidine rings is 1. The summed E-state index contributed by atoms with van der Waals surface area (Å²) in [5, 5.41) is 0. The molecule has 0 aliphatic carbocycles. The molecule has 76 valence electrons. The minimum Gasteiger partial charge on any atom is -0.328 e. The molecular formula is C10H20N2S. The molecule has 0 bridgehead atoms. The summed E-state index contributed by atoms with van der Waals surface area (Å²) >= 11 is 2.09. The van der Waals surface area contributed by atoms with Crippen molar-refractivity contribution in [2.24, 2.45) is 11.7 Å². The molecule has 2 rings (SSSR count). The van der Waals surface area contributed by atoms with Gasteiger partial charge in [0.25, 0.3) is 0 Å². The molecule has 13 heavy (non-hydrogen) atoms. The van der Waals surface area contributed by atoms with Gasteiger partial charge < -0.3 is 10.6 Å². The second-order valence-corrected chi connectivity index (χ2v) is 5.45. The van der Waals surface area contributed by atoms with Crippen LogP contribution in [0, 0.1) is 5.92 Å². The van der Waals surface area contributed by atoms with Crippen LogP contribution in [0.5, 0.6) is 0 Å². The standard InChI is InChI=1S/C10H20N2S/c11-10-2-5-12(6-3-10)4-1-9-7-13-8-9/h9-10H,1-8,11H2. The highest BCUT2D eigenvalue weighted by Gasteiger charge is 2.20. The number of likely N-dealkylation sites (tertiary alicyclic amines) is 1. The molecule has 2 fully saturated rings. The zero-order chi connectivity index (χ0) is 9.10. The minimum absolute atomic E-state index is 0.482. The monoisotopic (exact) mass is 200 g/mol. The van der Waals surface area contributed by atoms with Crippen molar-refractivity contribution in [3.8, 4) is 0 Å². The predicted molar refractivity (Wildman–Crippen MR) is 59.1 cm³/mol. The van der Waals surface area contributed by atoms with Crippen LogP contribution in [0.3, 0.4) is 0 Å². The first-order chi connectivity index (χ1) is 6.34. The van der Waals surface area contributed by atoms with E-state index in [2.05, 4.69) is 16.7 Å². The third kappa shape index (κ3) is 2.86. The van der Waals surface area contributed by atoms with Crippen molar-refractivity contribution in [2.75, 3.05) is 31.1 Å². The van der Waals surface area contributed by atoms with Crippen LogP contribution in [0.15, 0.2) is 0 Å². The summed E-state index contributed by atoms with van der Waals surface area (Å²) in [6.07, 6.45) is 3.83. The fourth-order valence-corrected chi connectivity index (χ4v) is 2.90. The summed E-state index contributed by atoms with van der Waals surface area (Å²) in [4.78, 5) is 2.59. The van der Waals surface area contributed by atoms with Crippen molar-refractivity contribution < 1.29 is 0 Å². The third-order valence-corrected chi connectivity index (χ3v) is 4.61. The number of rotatable bonds is 3. The van der Waals surface area contributed by atoms with E-state index in [0.717, 1.165) is 5.92 Å². The highest BCUT2D eigenvalue weighted by molar-refractivity contribution is 8.00. The number of hydrogen-bond donors (Lipinski definition) is 1. The molecular weight excluding hydrogens is 180 g/mol. The maximum Gasteiger partial charge on any atom is 0.00631 e. The van der Waals surface area contributed by atoms with E-state index < -0.39 is 0 Å². The highest BCUT2D eigenvalue weighted by Crippen LogP contribution is 2.27. The average Bonchev–Trinajstić information content (AvgIpc) is 2.05. The van der Waals surface area contributed by atoms with Crippen molar-refractivity contribution in [2.45, 2.75) is 25.3 Å². The van der Waals surface area contributed by atoms with Gasteiger partial charge in [-0.15, -0.1) is 0 Å². The maximum atomic E-state index is 5.86. The SMILES string of the molecule is NC1CCN(CCC2CSC2)CC1. The highest BCUT2D eigenvalue weighted by atomic mass is 32.2. The molecule has 2 saturated heterocycles. The van der Waals surface area contributed by atoms with Crippen molar-refractivity contribution in [1.82, 2.24) is 4.90 Å². The first-order valence-corrected chi connectivity index (χ1v) is 6.56. The van der Waals surface area contributed by atoms with Gasteiger partial charge in [0.15, 0.2) is 0 Å². The van der Waals surface area contributed by atoms with Gasteiger partial charge in [-0.05, 0) is 56.3 Å². The lowest BCUT2D eigenvalue weighted by Gasteiger charge is -2.32. The molecule has 0 unspecified atom stereocenters. The molecule has 2 heterocycles. The van der Waals surface area contributed by atoms with Gasteiger partial charge in [0.05, 0.1) is 0 Å². The second kappa shape index (κ2) is 4.67. The van der Waals surface area contributed by atoms with Crippen molar-refractivity contribution in [3.05, 3.63) is 0 Å². The Morgan fingerprint density at radius 2 is 1.92 bits per heavy atom. The Morgan fingerprint density at radius 1 is 1.23 bits per heavy atom. The Morgan fingerprint density at radius 3 is 2.46 bits per heavy atom. The molecule has 0 aromatic carbocycles. The molecule has 0 atom stereocenters. The van der Waals surface area contributed by atoms with Gasteiger partial charge in [-0.2, -0.15) is 11.8 Å². The van der Waals surface area contributed by atoms with Crippen molar-refractivity contribution >= 4 is 11.8 Å². The maximum absolute atomic E-state index is 5.86. The van der Waals surface area contributed by atoms with Crippen LogP contribution in [-0.2, 0) is 0 Å². The zero-order valence-corrected chi connectivity index (χ0v) is 9.06. The molecule has 0 spiro atoms. The van der Waals surface area contributed by atoms with Gasteiger partial charge in [-0.1, -0.05) is 0 Å². The molecule has 2 aliphatic rings.